The molecule has 2 rings (SSSR count). The van der Waals surface area contributed by atoms with Gasteiger partial charge < -0.3 is 0 Å². The fourth-order valence-electron chi connectivity index (χ4n) is 2.39. The van der Waals surface area contributed by atoms with Crippen molar-refractivity contribution in [3.05, 3.63) is 29.3 Å². The van der Waals surface area contributed by atoms with E-state index in [1.54, 1.807) is 12.1 Å². The van der Waals surface area contributed by atoms with Gasteiger partial charge in [0.05, 0.1) is 4.90 Å². The molecule has 1 aromatic rings. The van der Waals surface area contributed by atoms with Crippen molar-refractivity contribution in [2.24, 2.45) is 5.92 Å². The lowest BCUT2D eigenvalue weighted by molar-refractivity contribution is 0.520. The Labute approximate surface area is 124 Å². The second-order valence-electron chi connectivity index (χ2n) is 5.37. The molecule has 1 N–H and O–H groups in total. The summed E-state index contributed by atoms with van der Waals surface area (Å²) in [4.78, 5) is 0.910. The lowest BCUT2D eigenvalue weighted by Crippen LogP contribution is -2.28. The van der Waals surface area contributed by atoms with E-state index in [9.17, 15) is 8.42 Å². The summed E-state index contributed by atoms with van der Waals surface area (Å²) in [5, 5.41) is 0. The van der Waals surface area contributed by atoms with Gasteiger partial charge in [0.15, 0.2) is 0 Å². The van der Waals surface area contributed by atoms with E-state index in [1.165, 1.54) is 0 Å². The summed E-state index contributed by atoms with van der Waals surface area (Å²) in [6, 6.07) is 5.26. The van der Waals surface area contributed by atoms with Crippen molar-refractivity contribution in [1.82, 2.24) is 4.72 Å². The molecule has 106 valence electrons. The Kier molecular flexibility index (Phi) is 4.69. The van der Waals surface area contributed by atoms with E-state index in [-0.39, 0.29) is 0 Å². The molecule has 0 radical (unpaired) electrons. The summed E-state index contributed by atoms with van der Waals surface area (Å²) in [6.45, 7) is 4.45. The van der Waals surface area contributed by atoms with Gasteiger partial charge in [-0.15, -0.1) is 0 Å². The van der Waals surface area contributed by atoms with Gasteiger partial charge in [-0.2, -0.15) is 0 Å². The first-order chi connectivity index (χ1) is 8.88. The molecule has 0 amide bonds. The van der Waals surface area contributed by atoms with Crippen molar-refractivity contribution >= 4 is 26.0 Å². The van der Waals surface area contributed by atoms with Crippen LogP contribution in [-0.2, 0) is 10.0 Å². The van der Waals surface area contributed by atoms with Crippen molar-refractivity contribution in [3.63, 3.8) is 0 Å². The fourth-order valence-corrected chi connectivity index (χ4v) is 4.39. The molecule has 1 aliphatic carbocycles. The third kappa shape index (κ3) is 3.80. The average Bonchev–Trinajstić information content (AvgIpc) is 2.76. The van der Waals surface area contributed by atoms with Crippen molar-refractivity contribution in [1.29, 1.82) is 0 Å². The van der Waals surface area contributed by atoms with Crippen LogP contribution in [0.2, 0.25) is 0 Å². The Morgan fingerprint density at radius 3 is 2.58 bits per heavy atom. The molecular formula is C14H20BrNO2S. The van der Waals surface area contributed by atoms with Crippen LogP contribution in [0.1, 0.15) is 30.4 Å². The van der Waals surface area contributed by atoms with Crippen molar-refractivity contribution in [2.75, 3.05) is 6.54 Å². The van der Waals surface area contributed by atoms with E-state index in [0.29, 0.717) is 22.2 Å². The van der Waals surface area contributed by atoms with Crippen LogP contribution in [0.25, 0.3) is 0 Å². The maximum Gasteiger partial charge on any atom is 0.240 e. The highest BCUT2D eigenvalue weighted by Gasteiger charge is 2.24. The smallest absolute Gasteiger partial charge is 0.211 e. The molecule has 0 aromatic heterocycles. The first-order valence-electron chi connectivity index (χ1n) is 6.59. The Morgan fingerprint density at radius 1 is 1.26 bits per heavy atom. The van der Waals surface area contributed by atoms with Gasteiger partial charge in [-0.3, -0.25) is 0 Å². The van der Waals surface area contributed by atoms with E-state index in [1.807, 2.05) is 19.9 Å². The molecule has 1 aliphatic rings. The average molecular weight is 346 g/mol. The van der Waals surface area contributed by atoms with E-state index >= 15 is 0 Å². The zero-order chi connectivity index (χ0) is 14.0. The molecule has 0 bridgehead atoms. The summed E-state index contributed by atoms with van der Waals surface area (Å²) < 4.78 is 27.2. The van der Waals surface area contributed by atoms with Gasteiger partial charge in [0, 0.05) is 11.4 Å². The minimum atomic E-state index is -3.37. The Balaban J connectivity index is 2.03. The highest BCUT2D eigenvalue weighted by Crippen LogP contribution is 2.30. The molecule has 1 aromatic carbocycles. The van der Waals surface area contributed by atoms with Crippen LogP contribution >= 0.6 is 15.9 Å². The zero-order valence-corrected chi connectivity index (χ0v) is 13.7. The monoisotopic (exact) mass is 345 g/mol. The molecule has 1 fully saturated rings. The minimum absolute atomic E-state index is 0.365. The number of hydrogen-bond acceptors (Lipinski definition) is 2. The SMILES string of the molecule is Cc1ccc(S(=O)(=O)NCC2CCC(Br)C2)cc1C. The number of rotatable bonds is 4. The molecular weight excluding hydrogens is 326 g/mol. The van der Waals surface area contributed by atoms with E-state index in [0.717, 1.165) is 30.4 Å². The number of alkyl halides is 1. The second kappa shape index (κ2) is 5.94. The van der Waals surface area contributed by atoms with Crippen LogP contribution in [0.4, 0.5) is 0 Å². The number of benzene rings is 1. The number of hydrogen-bond donors (Lipinski definition) is 1. The maximum atomic E-state index is 12.2. The second-order valence-corrected chi connectivity index (χ2v) is 8.44. The van der Waals surface area contributed by atoms with Gasteiger partial charge in [0.25, 0.3) is 0 Å². The van der Waals surface area contributed by atoms with Crippen LogP contribution in [0, 0.1) is 19.8 Å². The van der Waals surface area contributed by atoms with Gasteiger partial charge in [-0.25, -0.2) is 13.1 Å². The summed E-state index contributed by atoms with van der Waals surface area (Å²) in [5.74, 6) is 0.450. The molecule has 3 nitrogen and oxygen atoms in total. The lowest BCUT2D eigenvalue weighted by Gasteiger charge is -2.12. The van der Waals surface area contributed by atoms with Crippen LogP contribution in [0.5, 0.6) is 0 Å². The highest BCUT2D eigenvalue weighted by atomic mass is 79.9. The van der Waals surface area contributed by atoms with Crippen LogP contribution in [-0.4, -0.2) is 19.8 Å². The zero-order valence-electron chi connectivity index (χ0n) is 11.3. The topological polar surface area (TPSA) is 46.2 Å². The van der Waals surface area contributed by atoms with Crippen molar-refractivity contribution in [3.8, 4) is 0 Å². The van der Waals surface area contributed by atoms with E-state index < -0.39 is 10.0 Å². The summed E-state index contributed by atoms with van der Waals surface area (Å²) in [5.41, 5.74) is 2.11. The maximum absolute atomic E-state index is 12.2. The molecule has 0 saturated heterocycles. The number of sulfonamides is 1. The van der Waals surface area contributed by atoms with E-state index in [4.69, 9.17) is 0 Å². The van der Waals surface area contributed by atoms with Gasteiger partial charge in [0.2, 0.25) is 10.0 Å². The van der Waals surface area contributed by atoms with Gasteiger partial charge in [0.1, 0.15) is 0 Å². The normalized spacial score (nSPS) is 23.7. The molecule has 19 heavy (non-hydrogen) atoms. The quantitative estimate of drug-likeness (QED) is 0.852. The molecule has 2 unspecified atom stereocenters. The van der Waals surface area contributed by atoms with Crippen LogP contribution in [0.3, 0.4) is 0 Å². The molecule has 0 heterocycles. The Hall–Kier alpha value is -0.390. The first-order valence-corrected chi connectivity index (χ1v) is 8.99. The predicted molar refractivity (Wildman–Crippen MR) is 81.2 cm³/mol. The van der Waals surface area contributed by atoms with Gasteiger partial charge >= 0.3 is 0 Å². The number of halogens is 1. The highest BCUT2D eigenvalue weighted by molar-refractivity contribution is 9.09. The summed E-state index contributed by atoms with van der Waals surface area (Å²) >= 11 is 3.58. The summed E-state index contributed by atoms with van der Waals surface area (Å²) in [6.07, 6.45) is 3.27. The third-order valence-electron chi connectivity index (χ3n) is 3.83. The predicted octanol–water partition coefficient (Wildman–Crippen LogP) is 3.15. The molecule has 2 atom stereocenters. The van der Waals surface area contributed by atoms with Crippen LogP contribution < -0.4 is 4.72 Å². The molecule has 5 heteroatoms. The standard InChI is InChI=1S/C14H20BrNO2S/c1-10-3-6-14(7-11(10)2)19(17,18)16-9-12-4-5-13(15)8-12/h3,6-7,12-13,16H,4-5,8-9H2,1-2H3. The summed E-state index contributed by atoms with van der Waals surface area (Å²) in [7, 11) is -3.37. The number of nitrogens with one attached hydrogen (secondary N) is 1. The van der Waals surface area contributed by atoms with Crippen molar-refractivity contribution < 1.29 is 8.42 Å². The fraction of sp³-hybridized carbons (Fsp3) is 0.571. The van der Waals surface area contributed by atoms with Crippen molar-refractivity contribution in [2.45, 2.75) is 42.8 Å². The Morgan fingerprint density at radius 2 is 2.00 bits per heavy atom. The molecule has 0 spiro atoms. The van der Waals surface area contributed by atoms with Gasteiger partial charge in [-0.05, 0) is 62.3 Å². The molecule has 0 aliphatic heterocycles. The third-order valence-corrected chi connectivity index (χ3v) is 6.08. The largest absolute Gasteiger partial charge is 0.240 e. The Bertz CT molecular complexity index is 557. The van der Waals surface area contributed by atoms with Gasteiger partial charge in [-0.1, -0.05) is 22.0 Å². The minimum Gasteiger partial charge on any atom is -0.211 e. The lowest BCUT2D eigenvalue weighted by atomic mass is 10.1. The molecule has 1 saturated carbocycles. The van der Waals surface area contributed by atoms with Crippen LogP contribution in [0.15, 0.2) is 23.1 Å². The first kappa shape index (κ1) is 15.0. The van der Waals surface area contributed by atoms with E-state index in [2.05, 4.69) is 20.7 Å². The number of aryl methyl sites for hydroxylation is 2.